The SMILES string of the molecule is CC1(CCCC(F)(F)F)CCNCC1c1ccccc1. The number of halogens is 3. The van der Waals surface area contributed by atoms with Gasteiger partial charge in [-0.25, -0.2) is 0 Å². The molecule has 0 bridgehead atoms. The standard InChI is InChI=1S/C16H22F3N/c1-15(8-5-9-16(17,18)19)10-11-20-12-14(15)13-6-3-2-4-7-13/h2-4,6-7,14,20H,5,8-12H2,1H3. The molecule has 1 N–H and O–H groups in total. The van der Waals surface area contributed by atoms with Crippen LogP contribution in [-0.4, -0.2) is 19.3 Å². The van der Waals surface area contributed by atoms with Gasteiger partial charge < -0.3 is 5.32 Å². The molecule has 1 aliphatic heterocycles. The van der Waals surface area contributed by atoms with Gasteiger partial charge in [-0.3, -0.25) is 0 Å². The molecule has 0 spiro atoms. The van der Waals surface area contributed by atoms with E-state index in [4.69, 9.17) is 0 Å². The van der Waals surface area contributed by atoms with E-state index >= 15 is 0 Å². The molecule has 2 unspecified atom stereocenters. The molecule has 1 saturated heterocycles. The Morgan fingerprint density at radius 1 is 1.25 bits per heavy atom. The Morgan fingerprint density at radius 2 is 1.95 bits per heavy atom. The normalized spacial score (nSPS) is 27.5. The summed E-state index contributed by atoms with van der Waals surface area (Å²) in [5.74, 6) is 0.297. The number of alkyl halides is 3. The Kier molecular flexibility index (Phi) is 4.74. The van der Waals surface area contributed by atoms with E-state index in [1.807, 2.05) is 18.2 Å². The lowest BCUT2D eigenvalue weighted by Gasteiger charge is -2.42. The van der Waals surface area contributed by atoms with Gasteiger partial charge >= 0.3 is 6.18 Å². The molecule has 0 saturated carbocycles. The van der Waals surface area contributed by atoms with Crippen molar-refractivity contribution in [1.82, 2.24) is 5.32 Å². The maximum Gasteiger partial charge on any atom is 0.389 e. The number of benzene rings is 1. The summed E-state index contributed by atoms with van der Waals surface area (Å²) in [5, 5.41) is 3.37. The monoisotopic (exact) mass is 285 g/mol. The van der Waals surface area contributed by atoms with E-state index in [0.717, 1.165) is 19.5 Å². The number of piperidine rings is 1. The summed E-state index contributed by atoms with van der Waals surface area (Å²) in [6, 6.07) is 10.1. The molecule has 4 heteroatoms. The third-order valence-electron chi connectivity index (χ3n) is 4.47. The fourth-order valence-corrected chi connectivity index (χ4v) is 3.24. The molecule has 1 aliphatic rings. The van der Waals surface area contributed by atoms with Crippen LogP contribution in [0.15, 0.2) is 30.3 Å². The highest BCUT2D eigenvalue weighted by Crippen LogP contribution is 2.44. The van der Waals surface area contributed by atoms with Crippen molar-refractivity contribution < 1.29 is 13.2 Å². The van der Waals surface area contributed by atoms with Crippen molar-refractivity contribution in [1.29, 1.82) is 0 Å². The maximum atomic E-state index is 12.3. The van der Waals surface area contributed by atoms with Crippen LogP contribution >= 0.6 is 0 Å². The van der Waals surface area contributed by atoms with Crippen LogP contribution in [0.4, 0.5) is 13.2 Å². The second-order valence-electron chi connectivity index (χ2n) is 6.04. The van der Waals surface area contributed by atoms with Crippen molar-refractivity contribution in [3.63, 3.8) is 0 Å². The predicted molar refractivity (Wildman–Crippen MR) is 74.7 cm³/mol. The summed E-state index contributed by atoms with van der Waals surface area (Å²) in [5.41, 5.74) is 1.19. The van der Waals surface area contributed by atoms with Gasteiger partial charge in [0.1, 0.15) is 0 Å². The number of hydrogen-bond acceptors (Lipinski definition) is 1. The lowest BCUT2D eigenvalue weighted by molar-refractivity contribution is -0.137. The first-order valence-corrected chi connectivity index (χ1v) is 7.23. The van der Waals surface area contributed by atoms with E-state index in [-0.39, 0.29) is 11.8 Å². The molecule has 0 radical (unpaired) electrons. The van der Waals surface area contributed by atoms with Gasteiger partial charge in [-0.15, -0.1) is 0 Å². The molecule has 1 aromatic carbocycles. The number of hydrogen-bond donors (Lipinski definition) is 1. The summed E-state index contributed by atoms with van der Waals surface area (Å²) in [6.45, 7) is 3.89. The molecular weight excluding hydrogens is 263 g/mol. The van der Waals surface area contributed by atoms with Crippen LogP contribution in [0.25, 0.3) is 0 Å². The van der Waals surface area contributed by atoms with Crippen LogP contribution in [0.2, 0.25) is 0 Å². The van der Waals surface area contributed by atoms with Crippen molar-refractivity contribution in [2.45, 2.75) is 44.7 Å². The van der Waals surface area contributed by atoms with Gasteiger partial charge in [-0.2, -0.15) is 13.2 Å². The van der Waals surface area contributed by atoms with Crippen molar-refractivity contribution >= 4 is 0 Å². The van der Waals surface area contributed by atoms with Crippen molar-refractivity contribution in [2.24, 2.45) is 5.41 Å². The Bertz CT molecular complexity index is 415. The molecule has 0 aromatic heterocycles. The van der Waals surface area contributed by atoms with Crippen LogP contribution in [-0.2, 0) is 0 Å². The minimum atomic E-state index is -4.04. The van der Waals surface area contributed by atoms with Crippen LogP contribution in [0.1, 0.15) is 44.1 Å². The summed E-state index contributed by atoms with van der Waals surface area (Å²) >= 11 is 0. The molecule has 2 rings (SSSR count). The molecule has 1 nitrogen and oxygen atoms in total. The number of rotatable bonds is 4. The Labute approximate surface area is 118 Å². The molecule has 2 atom stereocenters. The van der Waals surface area contributed by atoms with E-state index in [2.05, 4.69) is 24.4 Å². The zero-order valence-electron chi connectivity index (χ0n) is 11.8. The topological polar surface area (TPSA) is 12.0 Å². The molecular formula is C16H22F3N. The minimum Gasteiger partial charge on any atom is -0.316 e. The van der Waals surface area contributed by atoms with Crippen LogP contribution in [0, 0.1) is 5.41 Å². The Balaban J connectivity index is 2.05. The molecule has 0 amide bonds. The van der Waals surface area contributed by atoms with Crippen LogP contribution in [0.3, 0.4) is 0 Å². The van der Waals surface area contributed by atoms with Crippen molar-refractivity contribution in [3.05, 3.63) is 35.9 Å². The molecule has 1 fully saturated rings. The third kappa shape index (κ3) is 3.98. The average Bonchev–Trinajstić information content (AvgIpc) is 2.38. The Morgan fingerprint density at radius 3 is 2.60 bits per heavy atom. The average molecular weight is 285 g/mol. The lowest BCUT2D eigenvalue weighted by Crippen LogP contribution is -2.42. The van der Waals surface area contributed by atoms with Crippen LogP contribution < -0.4 is 5.32 Å². The fourth-order valence-electron chi connectivity index (χ4n) is 3.24. The van der Waals surface area contributed by atoms with Crippen molar-refractivity contribution in [3.8, 4) is 0 Å². The van der Waals surface area contributed by atoms with Crippen LogP contribution in [0.5, 0.6) is 0 Å². The molecule has 112 valence electrons. The van der Waals surface area contributed by atoms with Gasteiger partial charge in [0, 0.05) is 18.9 Å². The van der Waals surface area contributed by atoms with Gasteiger partial charge in [-0.05, 0) is 36.8 Å². The van der Waals surface area contributed by atoms with Gasteiger partial charge in [0.15, 0.2) is 0 Å². The maximum absolute atomic E-state index is 12.3. The zero-order chi connectivity index (χ0) is 14.6. The largest absolute Gasteiger partial charge is 0.389 e. The minimum absolute atomic E-state index is 0.0438. The first kappa shape index (κ1) is 15.4. The molecule has 20 heavy (non-hydrogen) atoms. The summed E-state index contributed by atoms with van der Waals surface area (Å²) < 4.78 is 37.0. The first-order chi connectivity index (χ1) is 9.41. The summed E-state index contributed by atoms with van der Waals surface area (Å²) in [6.07, 6.45) is -2.91. The van der Waals surface area contributed by atoms with Gasteiger partial charge in [0.05, 0.1) is 0 Å². The highest BCUT2D eigenvalue weighted by atomic mass is 19.4. The highest BCUT2D eigenvalue weighted by molar-refractivity contribution is 5.23. The smallest absolute Gasteiger partial charge is 0.316 e. The van der Waals surface area contributed by atoms with E-state index < -0.39 is 12.6 Å². The van der Waals surface area contributed by atoms with E-state index in [1.165, 1.54) is 5.56 Å². The second-order valence-corrected chi connectivity index (χ2v) is 6.04. The first-order valence-electron chi connectivity index (χ1n) is 7.23. The highest BCUT2D eigenvalue weighted by Gasteiger charge is 2.38. The zero-order valence-corrected chi connectivity index (χ0v) is 11.8. The van der Waals surface area contributed by atoms with E-state index in [0.29, 0.717) is 12.3 Å². The predicted octanol–water partition coefficient (Wildman–Crippen LogP) is 4.50. The summed E-state index contributed by atoms with van der Waals surface area (Å²) in [4.78, 5) is 0. The van der Waals surface area contributed by atoms with E-state index in [1.54, 1.807) is 0 Å². The fraction of sp³-hybridized carbons (Fsp3) is 0.625. The van der Waals surface area contributed by atoms with E-state index in [9.17, 15) is 13.2 Å². The second kappa shape index (κ2) is 6.17. The number of nitrogens with one attached hydrogen (secondary N) is 1. The Hall–Kier alpha value is -1.03. The van der Waals surface area contributed by atoms with Gasteiger partial charge in [0.2, 0.25) is 0 Å². The van der Waals surface area contributed by atoms with Crippen molar-refractivity contribution in [2.75, 3.05) is 13.1 Å². The quantitative estimate of drug-likeness (QED) is 0.858. The third-order valence-corrected chi connectivity index (χ3v) is 4.47. The summed E-state index contributed by atoms with van der Waals surface area (Å²) in [7, 11) is 0. The molecule has 0 aliphatic carbocycles. The molecule has 1 aromatic rings. The van der Waals surface area contributed by atoms with Gasteiger partial charge in [0.25, 0.3) is 0 Å². The van der Waals surface area contributed by atoms with Gasteiger partial charge in [-0.1, -0.05) is 37.3 Å². The molecule has 1 heterocycles. The lowest BCUT2D eigenvalue weighted by atomic mass is 9.66.